The topological polar surface area (TPSA) is 61.4 Å². The van der Waals surface area contributed by atoms with E-state index in [9.17, 15) is 9.90 Å². The van der Waals surface area contributed by atoms with Crippen LogP contribution in [0.4, 0.5) is 0 Å². The standard InChI is InChI=1S/C18H22N2O2/c1-2-19-18(22)16(13-21)20-17(14-9-5-3-6-10-14)15-11-7-4-8-12-15/h3-12,16-17,20-21H,2,13H2,1H3,(H,19,22). The van der Waals surface area contributed by atoms with Crippen LogP contribution >= 0.6 is 0 Å². The first-order valence-electron chi connectivity index (χ1n) is 7.50. The number of aliphatic hydroxyl groups is 1. The van der Waals surface area contributed by atoms with Crippen molar-refractivity contribution in [1.82, 2.24) is 10.6 Å². The molecule has 0 saturated heterocycles. The third-order valence-electron chi connectivity index (χ3n) is 3.48. The molecule has 0 fully saturated rings. The molecule has 2 rings (SSSR count). The minimum absolute atomic E-state index is 0.151. The van der Waals surface area contributed by atoms with Crippen LogP contribution in [0.15, 0.2) is 60.7 Å². The number of benzene rings is 2. The first-order chi connectivity index (χ1) is 10.8. The van der Waals surface area contributed by atoms with Crippen LogP contribution in [0.1, 0.15) is 24.1 Å². The Morgan fingerprint density at radius 1 is 1.00 bits per heavy atom. The summed E-state index contributed by atoms with van der Waals surface area (Å²) < 4.78 is 0. The van der Waals surface area contributed by atoms with Crippen molar-refractivity contribution in [3.63, 3.8) is 0 Å². The van der Waals surface area contributed by atoms with E-state index in [1.807, 2.05) is 67.6 Å². The Kier molecular flexibility index (Phi) is 6.13. The van der Waals surface area contributed by atoms with Crippen molar-refractivity contribution in [2.45, 2.75) is 19.0 Å². The highest BCUT2D eigenvalue weighted by molar-refractivity contribution is 5.81. The molecule has 116 valence electrons. The van der Waals surface area contributed by atoms with Gasteiger partial charge in [-0.15, -0.1) is 0 Å². The highest BCUT2D eigenvalue weighted by Crippen LogP contribution is 2.22. The molecule has 0 aliphatic heterocycles. The monoisotopic (exact) mass is 298 g/mol. The number of aliphatic hydroxyl groups excluding tert-OH is 1. The Labute approximate surface area is 131 Å². The van der Waals surface area contributed by atoms with Crippen LogP contribution in [-0.4, -0.2) is 30.2 Å². The molecule has 1 amide bonds. The summed E-state index contributed by atoms with van der Waals surface area (Å²) in [6.45, 7) is 2.15. The third-order valence-corrected chi connectivity index (χ3v) is 3.48. The normalized spacial score (nSPS) is 12.1. The second-order valence-electron chi connectivity index (χ2n) is 5.05. The number of rotatable bonds is 7. The number of hydrogen-bond acceptors (Lipinski definition) is 3. The van der Waals surface area contributed by atoms with Crippen molar-refractivity contribution in [2.24, 2.45) is 0 Å². The van der Waals surface area contributed by atoms with E-state index in [0.717, 1.165) is 11.1 Å². The van der Waals surface area contributed by atoms with E-state index in [0.29, 0.717) is 6.54 Å². The Balaban J connectivity index is 2.27. The van der Waals surface area contributed by atoms with Gasteiger partial charge in [0.05, 0.1) is 12.6 Å². The predicted molar refractivity (Wildman–Crippen MR) is 87.4 cm³/mol. The van der Waals surface area contributed by atoms with Crippen LogP contribution in [0.3, 0.4) is 0 Å². The molecule has 22 heavy (non-hydrogen) atoms. The fourth-order valence-electron chi connectivity index (χ4n) is 2.39. The number of hydrogen-bond donors (Lipinski definition) is 3. The average Bonchev–Trinajstić information content (AvgIpc) is 2.57. The maximum atomic E-state index is 12.0. The molecule has 0 saturated carbocycles. The van der Waals surface area contributed by atoms with Crippen LogP contribution in [-0.2, 0) is 4.79 Å². The maximum absolute atomic E-state index is 12.0. The fraction of sp³-hybridized carbons (Fsp3) is 0.278. The van der Waals surface area contributed by atoms with Gasteiger partial charge in [0.1, 0.15) is 6.04 Å². The van der Waals surface area contributed by atoms with Gasteiger partial charge in [-0.05, 0) is 18.1 Å². The second-order valence-corrected chi connectivity index (χ2v) is 5.05. The van der Waals surface area contributed by atoms with E-state index in [1.165, 1.54) is 0 Å². The van der Waals surface area contributed by atoms with Crippen LogP contribution < -0.4 is 10.6 Å². The molecule has 4 heteroatoms. The molecule has 0 aromatic heterocycles. The van der Waals surface area contributed by atoms with Crippen LogP contribution in [0.5, 0.6) is 0 Å². The molecular weight excluding hydrogens is 276 g/mol. The third kappa shape index (κ3) is 4.16. The van der Waals surface area contributed by atoms with Crippen LogP contribution in [0, 0.1) is 0 Å². The second kappa shape index (κ2) is 8.32. The van der Waals surface area contributed by atoms with E-state index in [2.05, 4.69) is 10.6 Å². The van der Waals surface area contributed by atoms with Crippen LogP contribution in [0.2, 0.25) is 0 Å². The van der Waals surface area contributed by atoms with E-state index in [1.54, 1.807) is 0 Å². The summed E-state index contributed by atoms with van der Waals surface area (Å²) in [4.78, 5) is 12.0. The maximum Gasteiger partial charge on any atom is 0.239 e. The molecule has 4 nitrogen and oxygen atoms in total. The van der Waals surface area contributed by atoms with Gasteiger partial charge in [0.25, 0.3) is 0 Å². The predicted octanol–water partition coefficient (Wildman–Crippen LogP) is 1.86. The number of carbonyl (C=O) groups is 1. The molecule has 0 heterocycles. The summed E-state index contributed by atoms with van der Waals surface area (Å²) >= 11 is 0. The van der Waals surface area contributed by atoms with Crippen molar-refractivity contribution in [3.05, 3.63) is 71.8 Å². The Hall–Kier alpha value is -2.17. The van der Waals surface area contributed by atoms with Gasteiger partial charge < -0.3 is 10.4 Å². The lowest BCUT2D eigenvalue weighted by Gasteiger charge is -2.25. The van der Waals surface area contributed by atoms with E-state index in [-0.39, 0.29) is 18.6 Å². The smallest absolute Gasteiger partial charge is 0.239 e. The van der Waals surface area contributed by atoms with Crippen molar-refractivity contribution >= 4 is 5.91 Å². The van der Waals surface area contributed by atoms with Gasteiger partial charge in [0, 0.05) is 6.54 Å². The Morgan fingerprint density at radius 2 is 1.50 bits per heavy atom. The summed E-state index contributed by atoms with van der Waals surface area (Å²) in [5.41, 5.74) is 2.10. The van der Waals surface area contributed by atoms with Crippen molar-refractivity contribution in [3.8, 4) is 0 Å². The minimum Gasteiger partial charge on any atom is -0.394 e. The highest BCUT2D eigenvalue weighted by atomic mass is 16.3. The Bertz CT molecular complexity index is 533. The summed E-state index contributed by atoms with van der Waals surface area (Å²) in [6.07, 6.45) is 0. The van der Waals surface area contributed by atoms with Gasteiger partial charge in [-0.3, -0.25) is 10.1 Å². The van der Waals surface area contributed by atoms with Crippen molar-refractivity contribution < 1.29 is 9.90 Å². The number of carbonyl (C=O) groups excluding carboxylic acids is 1. The summed E-state index contributed by atoms with van der Waals surface area (Å²) in [7, 11) is 0. The average molecular weight is 298 g/mol. The molecule has 0 aliphatic carbocycles. The van der Waals surface area contributed by atoms with Gasteiger partial charge in [0.15, 0.2) is 0 Å². The molecule has 2 aromatic rings. The molecule has 3 N–H and O–H groups in total. The molecule has 1 atom stereocenters. The fourth-order valence-corrected chi connectivity index (χ4v) is 2.39. The van der Waals surface area contributed by atoms with E-state index >= 15 is 0 Å². The largest absolute Gasteiger partial charge is 0.394 e. The molecule has 0 aliphatic rings. The number of amides is 1. The van der Waals surface area contributed by atoms with Gasteiger partial charge in [-0.2, -0.15) is 0 Å². The molecule has 2 aromatic carbocycles. The van der Waals surface area contributed by atoms with Gasteiger partial charge >= 0.3 is 0 Å². The number of likely N-dealkylation sites (N-methyl/N-ethyl adjacent to an activating group) is 1. The molecule has 0 radical (unpaired) electrons. The molecule has 1 unspecified atom stereocenters. The minimum atomic E-state index is -0.648. The lowest BCUT2D eigenvalue weighted by atomic mass is 9.98. The zero-order chi connectivity index (χ0) is 15.8. The number of nitrogens with one attached hydrogen (secondary N) is 2. The molecule has 0 spiro atoms. The lowest BCUT2D eigenvalue weighted by molar-refractivity contribution is -0.124. The van der Waals surface area contributed by atoms with Crippen molar-refractivity contribution in [2.75, 3.05) is 13.2 Å². The van der Waals surface area contributed by atoms with Gasteiger partial charge in [-0.1, -0.05) is 60.7 Å². The first kappa shape index (κ1) is 16.2. The Morgan fingerprint density at radius 3 is 1.91 bits per heavy atom. The molecular formula is C18H22N2O2. The summed E-state index contributed by atoms with van der Waals surface area (Å²) in [5, 5.41) is 15.5. The SMILES string of the molecule is CCNC(=O)C(CO)NC(c1ccccc1)c1ccccc1. The first-order valence-corrected chi connectivity index (χ1v) is 7.50. The van der Waals surface area contributed by atoms with Gasteiger partial charge in [-0.25, -0.2) is 0 Å². The van der Waals surface area contributed by atoms with E-state index < -0.39 is 6.04 Å². The summed E-state index contributed by atoms with van der Waals surface area (Å²) in [6, 6.07) is 19.0. The quantitative estimate of drug-likeness (QED) is 0.731. The van der Waals surface area contributed by atoms with Crippen LogP contribution in [0.25, 0.3) is 0 Å². The van der Waals surface area contributed by atoms with E-state index in [4.69, 9.17) is 0 Å². The highest BCUT2D eigenvalue weighted by Gasteiger charge is 2.22. The zero-order valence-corrected chi connectivity index (χ0v) is 12.7. The molecule has 0 bridgehead atoms. The van der Waals surface area contributed by atoms with Gasteiger partial charge in [0.2, 0.25) is 5.91 Å². The van der Waals surface area contributed by atoms with Crippen molar-refractivity contribution in [1.29, 1.82) is 0 Å². The lowest BCUT2D eigenvalue weighted by Crippen LogP contribution is -2.48. The summed E-state index contributed by atoms with van der Waals surface area (Å²) in [5.74, 6) is -0.193. The zero-order valence-electron chi connectivity index (χ0n) is 12.7.